The fraction of sp³-hybridized carbons (Fsp3) is 0.474. The summed E-state index contributed by atoms with van der Waals surface area (Å²) in [5.74, 6) is 0. The van der Waals surface area contributed by atoms with Crippen molar-refractivity contribution in [3.63, 3.8) is 0 Å². The largest absolute Gasteiger partial charge is 0.389 e. The molecule has 2 aromatic heterocycles. The van der Waals surface area contributed by atoms with Crippen LogP contribution in [0.5, 0.6) is 0 Å². The van der Waals surface area contributed by atoms with Gasteiger partial charge in [0.2, 0.25) is 0 Å². The van der Waals surface area contributed by atoms with E-state index >= 15 is 0 Å². The maximum atomic E-state index is 12.1. The number of aromatic nitrogens is 2. The molecule has 0 aliphatic carbocycles. The molecule has 2 aromatic rings. The van der Waals surface area contributed by atoms with Gasteiger partial charge in [0.1, 0.15) is 0 Å². The van der Waals surface area contributed by atoms with E-state index in [9.17, 15) is 13.2 Å². The molecule has 130 valence electrons. The van der Waals surface area contributed by atoms with E-state index in [0.717, 1.165) is 42.6 Å². The summed E-state index contributed by atoms with van der Waals surface area (Å²) >= 11 is 0. The quantitative estimate of drug-likeness (QED) is 0.670. The fourth-order valence-electron chi connectivity index (χ4n) is 2.58. The number of alkyl halides is 3. The van der Waals surface area contributed by atoms with Gasteiger partial charge in [-0.25, -0.2) is 0 Å². The van der Waals surface area contributed by atoms with Crippen LogP contribution >= 0.6 is 0 Å². The second-order valence-corrected chi connectivity index (χ2v) is 5.99. The first-order valence-electron chi connectivity index (χ1n) is 8.40. The van der Waals surface area contributed by atoms with E-state index in [-0.39, 0.29) is 6.42 Å². The molecule has 0 bridgehead atoms. The summed E-state index contributed by atoms with van der Waals surface area (Å²) < 4.78 is 36.4. The minimum atomic E-state index is -4.07. The average molecular weight is 336 g/mol. The number of nitrogens with zero attached hydrogens (tertiary/aromatic N) is 2. The van der Waals surface area contributed by atoms with Gasteiger partial charge < -0.3 is 0 Å². The van der Waals surface area contributed by atoms with Crippen molar-refractivity contribution in [2.24, 2.45) is 0 Å². The van der Waals surface area contributed by atoms with E-state index in [1.807, 2.05) is 24.4 Å². The lowest BCUT2D eigenvalue weighted by Crippen LogP contribution is -2.07. The standard InChI is InChI=1S/C19H23F3N2/c1-2-15-10-12-23-18(13-15)7-3-6-17-9-8-16(14-24-17)5-4-11-19(20,21)22/h8-10,12-14H,2-7,11H2,1H3. The zero-order chi connectivity index (χ0) is 17.4. The molecular formula is C19H23F3N2. The molecule has 24 heavy (non-hydrogen) atoms. The van der Waals surface area contributed by atoms with Gasteiger partial charge in [-0.2, -0.15) is 13.2 Å². The van der Waals surface area contributed by atoms with Gasteiger partial charge in [-0.3, -0.25) is 9.97 Å². The molecule has 0 aliphatic rings. The summed E-state index contributed by atoms with van der Waals surface area (Å²) in [6, 6.07) is 7.97. The molecule has 0 radical (unpaired) electrons. The highest BCUT2D eigenvalue weighted by atomic mass is 19.4. The normalized spacial score (nSPS) is 11.7. The van der Waals surface area contributed by atoms with E-state index in [1.54, 1.807) is 6.20 Å². The van der Waals surface area contributed by atoms with Crippen molar-refractivity contribution < 1.29 is 13.2 Å². The van der Waals surface area contributed by atoms with Gasteiger partial charge in [0.25, 0.3) is 0 Å². The topological polar surface area (TPSA) is 25.8 Å². The van der Waals surface area contributed by atoms with E-state index in [0.29, 0.717) is 6.42 Å². The first kappa shape index (κ1) is 18.4. The van der Waals surface area contributed by atoms with Gasteiger partial charge in [-0.1, -0.05) is 13.0 Å². The van der Waals surface area contributed by atoms with Crippen LogP contribution in [0, 0.1) is 0 Å². The van der Waals surface area contributed by atoms with Gasteiger partial charge in [0.15, 0.2) is 0 Å². The van der Waals surface area contributed by atoms with Crippen molar-refractivity contribution >= 4 is 0 Å². The Morgan fingerprint density at radius 1 is 0.875 bits per heavy atom. The lowest BCUT2D eigenvalue weighted by Gasteiger charge is -2.06. The molecule has 0 aliphatic heterocycles. The van der Waals surface area contributed by atoms with E-state index < -0.39 is 12.6 Å². The third kappa shape index (κ3) is 6.69. The van der Waals surface area contributed by atoms with Gasteiger partial charge in [0.05, 0.1) is 0 Å². The molecule has 0 N–H and O–H groups in total. The Bertz CT molecular complexity index is 621. The first-order chi connectivity index (χ1) is 11.5. The van der Waals surface area contributed by atoms with Crippen molar-refractivity contribution in [2.75, 3.05) is 0 Å². The van der Waals surface area contributed by atoms with Crippen molar-refractivity contribution in [3.05, 3.63) is 59.2 Å². The molecule has 5 heteroatoms. The van der Waals surface area contributed by atoms with Crippen LogP contribution in [0.3, 0.4) is 0 Å². The second-order valence-electron chi connectivity index (χ2n) is 5.99. The number of halogens is 3. The maximum Gasteiger partial charge on any atom is 0.389 e. The summed E-state index contributed by atoms with van der Waals surface area (Å²) in [6.07, 6.45) is 2.99. The van der Waals surface area contributed by atoms with Crippen molar-refractivity contribution in [2.45, 2.75) is 58.0 Å². The molecule has 0 amide bonds. The van der Waals surface area contributed by atoms with E-state index in [1.165, 1.54) is 5.56 Å². The molecule has 2 heterocycles. The highest BCUT2D eigenvalue weighted by molar-refractivity contribution is 5.17. The Balaban J connectivity index is 1.75. The van der Waals surface area contributed by atoms with Gasteiger partial charge in [-0.05, 0) is 67.9 Å². The maximum absolute atomic E-state index is 12.1. The molecule has 0 saturated carbocycles. The molecule has 0 aromatic carbocycles. The predicted molar refractivity (Wildman–Crippen MR) is 88.9 cm³/mol. The highest BCUT2D eigenvalue weighted by Crippen LogP contribution is 2.22. The molecule has 0 saturated heterocycles. The van der Waals surface area contributed by atoms with Crippen molar-refractivity contribution in [1.29, 1.82) is 0 Å². The van der Waals surface area contributed by atoms with Crippen LogP contribution in [-0.2, 0) is 25.7 Å². The van der Waals surface area contributed by atoms with Gasteiger partial charge >= 0.3 is 6.18 Å². The third-order valence-corrected chi connectivity index (χ3v) is 3.97. The Morgan fingerprint density at radius 2 is 1.67 bits per heavy atom. The minimum absolute atomic E-state index is 0.115. The Hall–Kier alpha value is -1.91. The van der Waals surface area contributed by atoms with Crippen LogP contribution in [0.25, 0.3) is 0 Å². The third-order valence-electron chi connectivity index (χ3n) is 3.97. The average Bonchev–Trinajstić information content (AvgIpc) is 2.55. The minimum Gasteiger partial charge on any atom is -0.261 e. The highest BCUT2D eigenvalue weighted by Gasteiger charge is 2.25. The zero-order valence-corrected chi connectivity index (χ0v) is 13.9. The first-order valence-corrected chi connectivity index (χ1v) is 8.40. The van der Waals surface area contributed by atoms with Crippen LogP contribution in [-0.4, -0.2) is 16.1 Å². The lowest BCUT2D eigenvalue weighted by molar-refractivity contribution is -0.135. The molecule has 2 rings (SSSR count). The molecule has 2 nitrogen and oxygen atoms in total. The Labute approximate surface area is 141 Å². The smallest absolute Gasteiger partial charge is 0.261 e. The van der Waals surface area contributed by atoms with Crippen LogP contribution in [0.1, 0.15) is 48.7 Å². The lowest BCUT2D eigenvalue weighted by atomic mass is 10.1. The predicted octanol–water partition coefficient (Wildman–Crippen LogP) is 5.10. The van der Waals surface area contributed by atoms with Gasteiger partial charge in [-0.15, -0.1) is 0 Å². The number of rotatable bonds is 8. The summed E-state index contributed by atoms with van der Waals surface area (Å²) in [5.41, 5.74) is 4.22. The monoisotopic (exact) mass is 336 g/mol. The van der Waals surface area contributed by atoms with E-state index in [2.05, 4.69) is 23.0 Å². The van der Waals surface area contributed by atoms with Crippen LogP contribution < -0.4 is 0 Å². The van der Waals surface area contributed by atoms with E-state index in [4.69, 9.17) is 0 Å². The zero-order valence-electron chi connectivity index (χ0n) is 13.9. The van der Waals surface area contributed by atoms with Crippen LogP contribution in [0.4, 0.5) is 13.2 Å². The number of hydrogen-bond donors (Lipinski definition) is 0. The molecule has 0 atom stereocenters. The SMILES string of the molecule is CCc1ccnc(CCCc2ccc(CCCC(F)(F)F)cn2)c1. The summed E-state index contributed by atoms with van der Waals surface area (Å²) in [4.78, 5) is 8.73. The molecule has 0 spiro atoms. The van der Waals surface area contributed by atoms with Crippen molar-refractivity contribution in [3.8, 4) is 0 Å². The summed E-state index contributed by atoms with van der Waals surface area (Å²) in [6.45, 7) is 2.12. The Kier molecular flexibility index (Phi) is 6.76. The number of hydrogen-bond acceptors (Lipinski definition) is 2. The molecule has 0 unspecified atom stereocenters. The number of aryl methyl sites for hydroxylation is 4. The summed E-state index contributed by atoms with van der Waals surface area (Å²) in [5, 5.41) is 0. The second kappa shape index (κ2) is 8.81. The van der Waals surface area contributed by atoms with Crippen molar-refractivity contribution in [1.82, 2.24) is 9.97 Å². The van der Waals surface area contributed by atoms with Gasteiger partial charge in [0, 0.05) is 30.2 Å². The fourth-order valence-corrected chi connectivity index (χ4v) is 2.58. The molecule has 0 fully saturated rings. The Morgan fingerprint density at radius 3 is 2.33 bits per heavy atom. The molecular weight excluding hydrogens is 313 g/mol. The number of pyridine rings is 2. The van der Waals surface area contributed by atoms with Crippen LogP contribution in [0.15, 0.2) is 36.7 Å². The van der Waals surface area contributed by atoms with Crippen LogP contribution in [0.2, 0.25) is 0 Å². The summed E-state index contributed by atoms with van der Waals surface area (Å²) in [7, 11) is 0.